The Morgan fingerprint density at radius 3 is 2.70 bits per heavy atom. The van der Waals surface area contributed by atoms with Gasteiger partial charge in [-0.25, -0.2) is 0 Å². The lowest BCUT2D eigenvalue weighted by Gasteiger charge is -2.44. The smallest absolute Gasteiger partial charge is 0.142 e. The molecule has 2 unspecified atom stereocenters. The number of ether oxygens (including phenoxy) is 1. The molecule has 0 spiro atoms. The summed E-state index contributed by atoms with van der Waals surface area (Å²) in [5, 5.41) is 3.48. The molecule has 0 radical (unpaired) electrons. The molecule has 1 fully saturated rings. The number of hydrogen-bond donors (Lipinski definition) is 1. The van der Waals surface area contributed by atoms with Gasteiger partial charge in [0.15, 0.2) is 0 Å². The number of nitrogens with one attached hydrogen (secondary N) is 1. The Hall–Kier alpha value is -1.13. The van der Waals surface area contributed by atoms with Gasteiger partial charge in [-0.05, 0) is 58.5 Å². The number of likely N-dealkylation sites (N-methyl/N-ethyl adjacent to an activating group) is 1. The largest absolute Gasteiger partial charge is 0.495 e. The predicted octanol–water partition coefficient (Wildman–Crippen LogP) is 2.62. The van der Waals surface area contributed by atoms with Gasteiger partial charge in [0.2, 0.25) is 0 Å². The fraction of sp³-hybridized carbons (Fsp3) is 0.688. The van der Waals surface area contributed by atoms with E-state index in [2.05, 4.69) is 29.0 Å². The van der Waals surface area contributed by atoms with Crippen LogP contribution in [0.3, 0.4) is 0 Å². The third-order valence-electron chi connectivity index (χ3n) is 4.75. The number of hydrogen-bond acceptors (Lipinski definition) is 4. The highest BCUT2D eigenvalue weighted by molar-refractivity contribution is 5.32. The van der Waals surface area contributed by atoms with Crippen LogP contribution in [0.1, 0.15) is 44.8 Å². The second-order valence-corrected chi connectivity index (χ2v) is 5.72. The first-order valence-electron chi connectivity index (χ1n) is 7.58. The molecule has 2 heterocycles. The van der Waals surface area contributed by atoms with E-state index in [1.807, 2.05) is 25.4 Å². The molecule has 1 saturated heterocycles. The van der Waals surface area contributed by atoms with Crippen molar-refractivity contribution >= 4 is 0 Å². The van der Waals surface area contributed by atoms with Crippen molar-refractivity contribution in [1.82, 2.24) is 15.2 Å². The van der Waals surface area contributed by atoms with E-state index >= 15 is 0 Å². The Balaban J connectivity index is 2.38. The van der Waals surface area contributed by atoms with Crippen LogP contribution in [0.5, 0.6) is 5.75 Å². The van der Waals surface area contributed by atoms with Crippen molar-refractivity contribution in [2.75, 3.05) is 27.2 Å². The molecule has 1 aliphatic rings. The van der Waals surface area contributed by atoms with Gasteiger partial charge in [-0.15, -0.1) is 0 Å². The van der Waals surface area contributed by atoms with Crippen molar-refractivity contribution in [1.29, 1.82) is 0 Å². The van der Waals surface area contributed by atoms with E-state index in [9.17, 15) is 0 Å². The average Bonchev–Trinajstić information content (AvgIpc) is 3.03. The summed E-state index contributed by atoms with van der Waals surface area (Å²) in [7, 11) is 3.73. The number of likely N-dealkylation sites (tertiary alicyclic amines) is 1. The van der Waals surface area contributed by atoms with Crippen LogP contribution in [-0.4, -0.2) is 42.7 Å². The zero-order chi connectivity index (χ0) is 14.6. The van der Waals surface area contributed by atoms with Gasteiger partial charge in [0.1, 0.15) is 11.4 Å². The Morgan fingerprint density at radius 2 is 2.15 bits per heavy atom. The second-order valence-electron chi connectivity index (χ2n) is 5.72. The molecule has 1 N–H and O–H groups in total. The highest BCUT2D eigenvalue weighted by Crippen LogP contribution is 2.38. The van der Waals surface area contributed by atoms with Crippen LogP contribution in [0, 0.1) is 0 Å². The molecule has 112 valence electrons. The van der Waals surface area contributed by atoms with Gasteiger partial charge in [-0.3, -0.25) is 9.88 Å². The fourth-order valence-corrected chi connectivity index (χ4v) is 3.37. The maximum atomic E-state index is 5.51. The highest BCUT2D eigenvalue weighted by atomic mass is 16.5. The minimum atomic E-state index is 0.0624. The molecule has 1 aromatic heterocycles. The summed E-state index contributed by atoms with van der Waals surface area (Å²) in [5.74, 6) is 0.866. The van der Waals surface area contributed by atoms with E-state index < -0.39 is 0 Å². The van der Waals surface area contributed by atoms with Gasteiger partial charge in [0.25, 0.3) is 0 Å². The number of aromatic nitrogens is 1. The van der Waals surface area contributed by atoms with E-state index in [1.54, 1.807) is 7.11 Å². The second kappa shape index (κ2) is 6.55. The van der Waals surface area contributed by atoms with Gasteiger partial charge < -0.3 is 10.1 Å². The van der Waals surface area contributed by atoms with Crippen LogP contribution in [0.25, 0.3) is 0 Å². The van der Waals surface area contributed by atoms with Gasteiger partial charge in [-0.1, -0.05) is 6.92 Å². The summed E-state index contributed by atoms with van der Waals surface area (Å²) in [6.07, 6.45) is 5.53. The molecular formula is C16H27N3O. The van der Waals surface area contributed by atoms with Gasteiger partial charge in [-0.2, -0.15) is 0 Å². The molecule has 2 rings (SSSR count). The molecule has 20 heavy (non-hydrogen) atoms. The molecule has 0 bridgehead atoms. The van der Waals surface area contributed by atoms with E-state index in [-0.39, 0.29) is 11.6 Å². The van der Waals surface area contributed by atoms with E-state index in [0.717, 1.165) is 17.9 Å². The quantitative estimate of drug-likeness (QED) is 0.867. The molecule has 0 saturated carbocycles. The van der Waals surface area contributed by atoms with E-state index in [4.69, 9.17) is 4.74 Å². The minimum absolute atomic E-state index is 0.0624. The Labute approximate surface area is 122 Å². The third kappa shape index (κ3) is 2.67. The third-order valence-corrected chi connectivity index (χ3v) is 4.75. The van der Waals surface area contributed by atoms with Crippen molar-refractivity contribution in [2.45, 2.75) is 44.7 Å². The maximum Gasteiger partial charge on any atom is 0.142 e. The Bertz CT molecular complexity index is 431. The molecule has 0 aromatic carbocycles. The van der Waals surface area contributed by atoms with Crippen LogP contribution >= 0.6 is 0 Å². The fourth-order valence-electron chi connectivity index (χ4n) is 3.37. The number of rotatable bonds is 6. The first-order chi connectivity index (χ1) is 9.67. The molecule has 0 amide bonds. The maximum absolute atomic E-state index is 5.51. The molecule has 2 atom stereocenters. The average molecular weight is 277 g/mol. The topological polar surface area (TPSA) is 37.4 Å². The van der Waals surface area contributed by atoms with Crippen LogP contribution in [0.2, 0.25) is 0 Å². The van der Waals surface area contributed by atoms with Gasteiger partial charge >= 0.3 is 0 Å². The molecule has 4 heteroatoms. The van der Waals surface area contributed by atoms with Crippen LogP contribution < -0.4 is 10.1 Å². The molecule has 1 aromatic rings. The van der Waals surface area contributed by atoms with Crippen molar-refractivity contribution in [2.24, 2.45) is 0 Å². The predicted molar refractivity (Wildman–Crippen MR) is 82.1 cm³/mol. The summed E-state index contributed by atoms with van der Waals surface area (Å²) < 4.78 is 5.51. The molecule has 0 aliphatic carbocycles. The van der Waals surface area contributed by atoms with Crippen molar-refractivity contribution < 1.29 is 4.74 Å². The monoisotopic (exact) mass is 277 g/mol. The van der Waals surface area contributed by atoms with Crippen LogP contribution in [-0.2, 0) is 0 Å². The van der Waals surface area contributed by atoms with E-state index in [1.165, 1.54) is 25.9 Å². The number of nitrogens with zero attached hydrogens (tertiary/aromatic N) is 2. The summed E-state index contributed by atoms with van der Waals surface area (Å²) in [6.45, 7) is 6.96. The first-order valence-corrected chi connectivity index (χ1v) is 7.58. The lowest BCUT2D eigenvalue weighted by molar-refractivity contribution is 0.0843. The van der Waals surface area contributed by atoms with Crippen molar-refractivity contribution in [3.63, 3.8) is 0 Å². The number of pyridine rings is 1. The summed E-state index contributed by atoms with van der Waals surface area (Å²) in [6, 6.07) is 4.09. The van der Waals surface area contributed by atoms with Gasteiger partial charge in [0, 0.05) is 11.7 Å². The van der Waals surface area contributed by atoms with Crippen LogP contribution in [0.15, 0.2) is 18.3 Å². The van der Waals surface area contributed by atoms with E-state index in [0.29, 0.717) is 0 Å². The van der Waals surface area contributed by atoms with Crippen molar-refractivity contribution in [3.05, 3.63) is 24.0 Å². The summed E-state index contributed by atoms with van der Waals surface area (Å²) in [4.78, 5) is 7.19. The molecule has 1 aliphatic heterocycles. The Kier molecular flexibility index (Phi) is 5.00. The van der Waals surface area contributed by atoms with Gasteiger partial charge in [0.05, 0.1) is 13.2 Å². The lowest BCUT2D eigenvalue weighted by Crippen LogP contribution is -2.53. The minimum Gasteiger partial charge on any atom is -0.495 e. The summed E-state index contributed by atoms with van der Waals surface area (Å²) in [5.41, 5.74) is 1.07. The summed E-state index contributed by atoms with van der Waals surface area (Å²) >= 11 is 0. The van der Waals surface area contributed by atoms with Crippen molar-refractivity contribution in [3.8, 4) is 5.75 Å². The Morgan fingerprint density at radius 1 is 1.45 bits per heavy atom. The zero-order valence-electron chi connectivity index (χ0n) is 13.1. The highest BCUT2D eigenvalue weighted by Gasteiger charge is 2.41. The molecular weight excluding hydrogens is 250 g/mol. The standard InChI is InChI=1S/C16H27N3O/c1-5-16(2,19-11-6-7-12-19)15(17-3)14-13(20-4)9-8-10-18-14/h8-10,15,17H,5-7,11-12H2,1-4H3. The molecule has 4 nitrogen and oxygen atoms in total. The first kappa shape index (κ1) is 15.3. The lowest BCUT2D eigenvalue weighted by atomic mass is 9.85. The normalized spacial score (nSPS) is 20.6. The SMILES string of the molecule is CCC(C)(C(NC)c1ncccc1OC)N1CCCC1. The van der Waals surface area contributed by atoms with Crippen LogP contribution in [0.4, 0.5) is 0 Å². The zero-order valence-corrected chi connectivity index (χ0v) is 13.1. The number of methoxy groups -OCH3 is 1.